The fourth-order valence-electron chi connectivity index (χ4n) is 5.60. The van der Waals surface area contributed by atoms with E-state index in [4.69, 9.17) is 9.98 Å². The second kappa shape index (κ2) is 21.5. The van der Waals surface area contributed by atoms with Crippen LogP contribution in [0.15, 0.2) is 46.4 Å². The maximum atomic E-state index is 5.40. The van der Waals surface area contributed by atoms with Gasteiger partial charge < -0.3 is 0 Å². The van der Waals surface area contributed by atoms with Gasteiger partial charge in [0.2, 0.25) is 0 Å². The summed E-state index contributed by atoms with van der Waals surface area (Å²) in [7, 11) is 0. The molecule has 0 atom stereocenters. The van der Waals surface area contributed by atoms with Gasteiger partial charge in [0.25, 0.3) is 0 Å². The van der Waals surface area contributed by atoms with E-state index in [1.54, 1.807) is 0 Å². The highest BCUT2D eigenvalue weighted by molar-refractivity contribution is 6.43. The van der Waals surface area contributed by atoms with Gasteiger partial charge in [0.15, 0.2) is 0 Å². The summed E-state index contributed by atoms with van der Waals surface area (Å²) in [6.07, 6.45) is 23.4. The van der Waals surface area contributed by atoms with Crippen molar-refractivity contribution in [2.45, 2.75) is 164 Å². The lowest BCUT2D eigenvalue weighted by atomic mass is 9.99. The van der Waals surface area contributed by atoms with Gasteiger partial charge >= 0.3 is 0 Å². The Hall–Kier alpha value is -2.22. The van der Waals surface area contributed by atoms with Crippen LogP contribution in [0.2, 0.25) is 0 Å². The highest BCUT2D eigenvalue weighted by Gasteiger charge is 2.12. The molecule has 0 N–H and O–H groups in total. The summed E-state index contributed by atoms with van der Waals surface area (Å²) in [4.78, 5) is 10.8. The number of hydrogen-bond acceptors (Lipinski definition) is 2. The standard InChI is InChI=1S/C39H62N2/c1-7-13-15-16-17-18-19-20-21-23-25-39(41-37-30-34(11-5)27-35(12-6)31-37)38(24-22-14-8-2)40-36-28-32(9-3)26-33(10-4)29-36/h26-31H,7-25H2,1-6H3. The van der Waals surface area contributed by atoms with Crippen molar-refractivity contribution >= 4 is 22.8 Å². The predicted octanol–water partition coefficient (Wildman–Crippen LogP) is 12.7. The molecular weight excluding hydrogens is 496 g/mol. The van der Waals surface area contributed by atoms with Gasteiger partial charge in [0, 0.05) is 0 Å². The molecule has 228 valence electrons. The van der Waals surface area contributed by atoms with Crippen molar-refractivity contribution in [1.29, 1.82) is 0 Å². The minimum Gasteiger partial charge on any atom is -0.252 e. The summed E-state index contributed by atoms with van der Waals surface area (Å²) in [5.74, 6) is 0. The first kappa shape index (κ1) is 35.0. The normalized spacial score (nSPS) is 12.3. The third kappa shape index (κ3) is 14.0. The van der Waals surface area contributed by atoms with E-state index in [2.05, 4.69) is 77.9 Å². The van der Waals surface area contributed by atoms with Crippen LogP contribution < -0.4 is 0 Å². The van der Waals surface area contributed by atoms with Crippen LogP contribution in [0.4, 0.5) is 11.4 Å². The molecule has 2 nitrogen and oxygen atoms in total. The number of unbranched alkanes of at least 4 members (excludes halogenated alkanes) is 11. The van der Waals surface area contributed by atoms with Crippen LogP contribution in [0.1, 0.15) is 160 Å². The first-order valence-corrected chi connectivity index (χ1v) is 17.5. The van der Waals surface area contributed by atoms with E-state index in [1.165, 1.54) is 117 Å². The average molecular weight is 559 g/mol. The monoisotopic (exact) mass is 558 g/mol. The van der Waals surface area contributed by atoms with Gasteiger partial charge in [-0.15, -0.1) is 0 Å². The van der Waals surface area contributed by atoms with Crippen molar-refractivity contribution < 1.29 is 0 Å². The largest absolute Gasteiger partial charge is 0.252 e. The van der Waals surface area contributed by atoms with Crippen LogP contribution >= 0.6 is 0 Å². The van der Waals surface area contributed by atoms with Gasteiger partial charge in [0.05, 0.1) is 22.8 Å². The van der Waals surface area contributed by atoms with Crippen molar-refractivity contribution in [2.24, 2.45) is 9.98 Å². The molecule has 0 aromatic heterocycles. The van der Waals surface area contributed by atoms with Gasteiger partial charge in [-0.05, 0) is 97.9 Å². The molecule has 2 aromatic carbocycles. The fourth-order valence-corrected chi connectivity index (χ4v) is 5.60. The Balaban J connectivity index is 2.32. The molecule has 0 saturated carbocycles. The number of rotatable bonds is 22. The molecule has 0 bridgehead atoms. The molecule has 2 rings (SSSR count). The minimum atomic E-state index is 1.01. The van der Waals surface area contributed by atoms with Crippen molar-refractivity contribution in [3.63, 3.8) is 0 Å². The molecule has 0 aliphatic heterocycles. The van der Waals surface area contributed by atoms with E-state index in [0.29, 0.717) is 0 Å². The quantitative estimate of drug-likeness (QED) is 0.101. The molecule has 0 fully saturated rings. The van der Waals surface area contributed by atoms with Gasteiger partial charge in [-0.2, -0.15) is 0 Å². The zero-order valence-corrected chi connectivity index (χ0v) is 27.8. The Bertz CT molecular complexity index is 1000. The van der Waals surface area contributed by atoms with Crippen molar-refractivity contribution in [3.05, 3.63) is 58.7 Å². The second-order valence-corrected chi connectivity index (χ2v) is 11.9. The number of nitrogens with zero attached hydrogens (tertiary/aromatic N) is 2. The topological polar surface area (TPSA) is 24.7 Å². The van der Waals surface area contributed by atoms with E-state index in [-0.39, 0.29) is 0 Å². The zero-order valence-electron chi connectivity index (χ0n) is 27.8. The Morgan fingerprint density at radius 2 is 0.683 bits per heavy atom. The lowest BCUT2D eigenvalue weighted by Crippen LogP contribution is -2.14. The third-order valence-corrected chi connectivity index (χ3v) is 8.35. The van der Waals surface area contributed by atoms with Crippen LogP contribution in [-0.4, -0.2) is 11.4 Å². The minimum absolute atomic E-state index is 1.01. The van der Waals surface area contributed by atoms with Gasteiger partial charge in [-0.25, -0.2) is 0 Å². The van der Waals surface area contributed by atoms with Crippen LogP contribution in [-0.2, 0) is 25.7 Å². The zero-order chi connectivity index (χ0) is 29.7. The molecule has 0 amide bonds. The van der Waals surface area contributed by atoms with Crippen molar-refractivity contribution in [2.75, 3.05) is 0 Å². The van der Waals surface area contributed by atoms with Crippen LogP contribution in [0, 0.1) is 0 Å². The Morgan fingerprint density at radius 1 is 0.390 bits per heavy atom. The molecule has 0 aliphatic rings. The van der Waals surface area contributed by atoms with Crippen LogP contribution in [0.25, 0.3) is 0 Å². The number of aliphatic imine (C=N–C) groups is 2. The molecule has 0 heterocycles. The number of aryl methyl sites for hydroxylation is 4. The molecular formula is C39H62N2. The first-order chi connectivity index (χ1) is 20.1. The van der Waals surface area contributed by atoms with E-state index >= 15 is 0 Å². The maximum absolute atomic E-state index is 5.40. The van der Waals surface area contributed by atoms with Gasteiger partial charge in [0.1, 0.15) is 0 Å². The Labute approximate surface area is 254 Å². The molecule has 0 saturated heterocycles. The summed E-state index contributed by atoms with van der Waals surface area (Å²) in [6, 6.07) is 13.9. The molecule has 0 unspecified atom stereocenters. The predicted molar refractivity (Wildman–Crippen MR) is 185 cm³/mol. The fraction of sp³-hybridized carbons (Fsp3) is 0.641. The van der Waals surface area contributed by atoms with Crippen molar-refractivity contribution in [1.82, 2.24) is 0 Å². The van der Waals surface area contributed by atoms with Gasteiger partial charge in [-0.3, -0.25) is 9.98 Å². The SMILES string of the molecule is CCCCCCCCCCCCC(=Nc1cc(CC)cc(CC)c1)C(CCCCC)=Nc1cc(CC)cc(CC)c1. The molecule has 0 radical (unpaired) electrons. The van der Waals surface area contributed by atoms with Crippen LogP contribution in [0.3, 0.4) is 0 Å². The summed E-state index contributed by atoms with van der Waals surface area (Å²) in [6.45, 7) is 13.6. The maximum Gasteiger partial charge on any atom is 0.0639 e. The lowest BCUT2D eigenvalue weighted by molar-refractivity contribution is 0.559. The summed E-state index contributed by atoms with van der Waals surface area (Å²) < 4.78 is 0. The van der Waals surface area contributed by atoms with E-state index < -0.39 is 0 Å². The van der Waals surface area contributed by atoms with E-state index in [1.807, 2.05) is 0 Å². The number of hydrogen-bond donors (Lipinski definition) is 0. The molecule has 2 aromatic rings. The summed E-state index contributed by atoms with van der Waals surface area (Å²) in [5.41, 5.74) is 10.2. The molecule has 41 heavy (non-hydrogen) atoms. The highest BCUT2D eigenvalue weighted by atomic mass is 14.8. The van der Waals surface area contributed by atoms with E-state index in [0.717, 1.165) is 49.9 Å². The first-order valence-electron chi connectivity index (χ1n) is 17.5. The van der Waals surface area contributed by atoms with Crippen molar-refractivity contribution in [3.8, 4) is 0 Å². The Morgan fingerprint density at radius 3 is 1.02 bits per heavy atom. The molecule has 0 aliphatic carbocycles. The highest BCUT2D eigenvalue weighted by Crippen LogP contribution is 2.25. The van der Waals surface area contributed by atoms with E-state index in [9.17, 15) is 0 Å². The Kier molecular flexibility index (Phi) is 18.3. The summed E-state index contributed by atoms with van der Waals surface area (Å²) in [5, 5.41) is 0. The second-order valence-electron chi connectivity index (χ2n) is 11.9. The molecule has 0 spiro atoms. The third-order valence-electron chi connectivity index (χ3n) is 8.35. The lowest BCUT2D eigenvalue weighted by Gasteiger charge is -2.13. The molecule has 2 heteroatoms. The van der Waals surface area contributed by atoms with Crippen LogP contribution in [0.5, 0.6) is 0 Å². The summed E-state index contributed by atoms with van der Waals surface area (Å²) >= 11 is 0. The van der Waals surface area contributed by atoms with Gasteiger partial charge in [-0.1, -0.05) is 124 Å². The number of benzene rings is 2. The average Bonchev–Trinajstić information content (AvgIpc) is 3.00. The smallest absolute Gasteiger partial charge is 0.0639 e.